The zero-order valence-electron chi connectivity index (χ0n) is 18.2. The molecule has 0 bridgehead atoms. The summed E-state index contributed by atoms with van der Waals surface area (Å²) in [5, 5.41) is 20.1. The highest BCUT2D eigenvalue weighted by Crippen LogP contribution is 2.35. The Morgan fingerprint density at radius 3 is 2.33 bits per heavy atom. The van der Waals surface area contributed by atoms with Crippen molar-refractivity contribution in [3.05, 3.63) is 64.5 Å². The minimum atomic E-state index is -0.592. The van der Waals surface area contributed by atoms with Crippen LogP contribution < -0.4 is 14.4 Å². The molecule has 1 fully saturated rings. The number of nitro groups is 1. The lowest BCUT2D eigenvalue weighted by Gasteiger charge is -2.35. The predicted molar refractivity (Wildman–Crippen MR) is 120 cm³/mol. The van der Waals surface area contributed by atoms with E-state index in [4.69, 9.17) is 9.47 Å². The number of nitro benzene ring substituents is 1. The molecule has 1 amide bonds. The first-order valence-electron chi connectivity index (χ1n) is 10.2. The van der Waals surface area contributed by atoms with Crippen LogP contribution in [0.2, 0.25) is 0 Å². The zero-order valence-corrected chi connectivity index (χ0v) is 18.2. The molecule has 0 atom stereocenters. The van der Waals surface area contributed by atoms with Crippen LogP contribution in [0, 0.1) is 10.1 Å². The molecule has 11 heteroatoms. The molecule has 0 radical (unpaired) electrons. The molecule has 1 aliphatic heterocycles. The third-order valence-corrected chi connectivity index (χ3v) is 5.43. The number of pyridine rings is 1. The third-order valence-electron chi connectivity index (χ3n) is 5.43. The van der Waals surface area contributed by atoms with Crippen LogP contribution >= 0.6 is 0 Å². The highest BCUT2D eigenvalue weighted by Gasteiger charge is 2.30. The number of methoxy groups -OCH3 is 2. The molecule has 0 unspecified atom stereocenters. The second-order valence-electron chi connectivity index (χ2n) is 7.28. The second kappa shape index (κ2) is 9.47. The van der Waals surface area contributed by atoms with Gasteiger partial charge in [-0.1, -0.05) is 0 Å². The maximum atomic E-state index is 13.1. The van der Waals surface area contributed by atoms with Crippen LogP contribution in [0.25, 0.3) is 11.3 Å². The van der Waals surface area contributed by atoms with Gasteiger partial charge in [0.15, 0.2) is 17.3 Å². The van der Waals surface area contributed by atoms with E-state index in [0.717, 1.165) is 11.3 Å². The van der Waals surface area contributed by atoms with Crippen molar-refractivity contribution in [1.29, 1.82) is 0 Å². The Morgan fingerprint density at radius 2 is 1.76 bits per heavy atom. The van der Waals surface area contributed by atoms with Gasteiger partial charge < -0.3 is 19.3 Å². The van der Waals surface area contributed by atoms with E-state index >= 15 is 0 Å². The fourth-order valence-corrected chi connectivity index (χ4v) is 3.66. The smallest absolute Gasteiger partial charge is 0.286 e. The monoisotopic (exact) mass is 450 g/mol. The molecule has 0 saturated carbocycles. The number of piperazine rings is 1. The van der Waals surface area contributed by atoms with Gasteiger partial charge in [0.25, 0.3) is 11.6 Å². The highest BCUT2D eigenvalue weighted by molar-refractivity contribution is 5.99. The van der Waals surface area contributed by atoms with Crippen LogP contribution in [0.5, 0.6) is 11.5 Å². The number of hydrogen-bond donors (Lipinski definition) is 0. The molecule has 2 aromatic heterocycles. The summed E-state index contributed by atoms with van der Waals surface area (Å²) in [6.07, 6.45) is 3.42. The average molecular weight is 450 g/mol. The predicted octanol–water partition coefficient (Wildman–Crippen LogP) is 2.43. The van der Waals surface area contributed by atoms with E-state index in [1.807, 2.05) is 29.2 Å². The lowest BCUT2D eigenvalue weighted by Crippen LogP contribution is -2.49. The van der Waals surface area contributed by atoms with Crippen molar-refractivity contribution in [3.8, 4) is 22.8 Å². The Hall–Kier alpha value is -4.28. The molecule has 3 heterocycles. The Labute approximate surface area is 189 Å². The number of aromatic nitrogens is 3. The number of ether oxygens (including phenoxy) is 2. The summed E-state index contributed by atoms with van der Waals surface area (Å²) < 4.78 is 10.3. The Kier molecular flexibility index (Phi) is 6.29. The van der Waals surface area contributed by atoms with Gasteiger partial charge in [0.1, 0.15) is 5.56 Å². The first-order chi connectivity index (χ1) is 16.0. The van der Waals surface area contributed by atoms with E-state index in [0.29, 0.717) is 32.0 Å². The van der Waals surface area contributed by atoms with Crippen LogP contribution in [0.3, 0.4) is 0 Å². The van der Waals surface area contributed by atoms with Crippen LogP contribution in [0.15, 0.2) is 48.8 Å². The summed E-state index contributed by atoms with van der Waals surface area (Å²) in [6.45, 7) is 1.81. The van der Waals surface area contributed by atoms with E-state index in [-0.39, 0.29) is 22.7 Å². The number of anilines is 1. The van der Waals surface area contributed by atoms with Gasteiger partial charge in [-0.2, -0.15) is 0 Å². The van der Waals surface area contributed by atoms with E-state index in [1.165, 1.54) is 26.4 Å². The van der Waals surface area contributed by atoms with Gasteiger partial charge in [-0.3, -0.25) is 19.9 Å². The van der Waals surface area contributed by atoms with Gasteiger partial charge >= 0.3 is 0 Å². The molecule has 1 saturated heterocycles. The van der Waals surface area contributed by atoms with Crippen molar-refractivity contribution in [2.75, 3.05) is 45.3 Å². The summed E-state index contributed by atoms with van der Waals surface area (Å²) in [6, 6.07) is 10.1. The number of hydrogen-bond acceptors (Lipinski definition) is 9. The minimum Gasteiger partial charge on any atom is -0.493 e. The fourth-order valence-electron chi connectivity index (χ4n) is 3.66. The quantitative estimate of drug-likeness (QED) is 0.411. The van der Waals surface area contributed by atoms with Gasteiger partial charge in [0.05, 0.1) is 30.9 Å². The van der Waals surface area contributed by atoms with Crippen LogP contribution in [0.1, 0.15) is 10.4 Å². The Bertz CT molecular complexity index is 1150. The molecular weight excluding hydrogens is 428 g/mol. The minimum absolute atomic E-state index is 0.0354. The number of rotatable bonds is 6. The molecule has 33 heavy (non-hydrogen) atoms. The van der Waals surface area contributed by atoms with Gasteiger partial charge in [-0.15, -0.1) is 10.2 Å². The largest absolute Gasteiger partial charge is 0.493 e. The summed E-state index contributed by atoms with van der Waals surface area (Å²) in [5.74, 6) is 0.722. The molecule has 0 spiro atoms. The van der Waals surface area contributed by atoms with E-state index in [2.05, 4.69) is 15.2 Å². The van der Waals surface area contributed by atoms with Crippen molar-refractivity contribution in [1.82, 2.24) is 20.1 Å². The van der Waals surface area contributed by atoms with Gasteiger partial charge in [0.2, 0.25) is 0 Å². The van der Waals surface area contributed by atoms with Crippen molar-refractivity contribution in [3.63, 3.8) is 0 Å². The zero-order chi connectivity index (χ0) is 23.4. The SMILES string of the molecule is COc1cc(C(=O)N2CCN(c3ccc(-c4cccnc4)nn3)CC2)c([N+](=O)[O-])cc1OC. The van der Waals surface area contributed by atoms with Crippen molar-refractivity contribution in [2.24, 2.45) is 0 Å². The number of carbonyl (C=O) groups is 1. The van der Waals surface area contributed by atoms with Crippen LogP contribution in [0.4, 0.5) is 11.5 Å². The molecule has 0 N–H and O–H groups in total. The first kappa shape index (κ1) is 21.9. The number of benzene rings is 1. The molecule has 4 rings (SSSR count). The van der Waals surface area contributed by atoms with Gasteiger partial charge in [0, 0.05) is 50.2 Å². The molecule has 11 nitrogen and oxygen atoms in total. The molecule has 1 aromatic carbocycles. The highest BCUT2D eigenvalue weighted by atomic mass is 16.6. The number of amides is 1. The van der Waals surface area contributed by atoms with E-state index < -0.39 is 10.8 Å². The molecular formula is C22H22N6O5. The molecule has 0 aliphatic carbocycles. The second-order valence-corrected chi connectivity index (χ2v) is 7.28. The topological polar surface area (TPSA) is 124 Å². The number of nitrogens with zero attached hydrogens (tertiary/aromatic N) is 6. The molecule has 3 aromatic rings. The Balaban J connectivity index is 1.47. The van der Waals surface area contributed by atoms with E-state index in [9.17, 15) is 14.9 Å². The molecule has 170 valence electrons. The van der Waals surface area contributed by atoms with Crippen molar-refractivity contribution >= 4 is 17.4 Å². The normalized spacial score (nSPS) is 13.5. The summed E-state index contributed by atoms with van der Waals surface area (Å²) >= 11 is 0. The lowest BCUT2D eigenvalue weighted by atomic mass is 10.1. The summed E-state index contributed by atoms with van der Waals surface area (Å²) in [7, 11) is 2.80. The molecule has 1 aliphatic rings. The van der Waals surface area contributed by atoms with Crippen molar-refractivity contribution in [2.45, 2.75) is 0 Å². The van der Waals surface area contributed by atoms with Crippen LogP contribution in [-0.2, 0) is 0 Å². The van der Waals surface area contributed by atoms with Gasteiger partial charge in [-0.05, 0) is 24.3 Å². The fraction of sp³-hybridized carbons (Fsp3) is 0.273. The summed E-state index contributed by atoms with van der Waals surface area (Å²) in [4.78, 5) is 31.8. The maximum Gasteiger partial charge on any atom is 0.286 e. The maximum absolute atomic E-state index is 13.1. The Morgan fingerprint density at radius 1 is 1.03 bits per heavy atom. The lowest BCUT2D eigenvalue weighted by molar-refractivity contribution is -0.385. The van der Waals surface area contributed by atoms with Crippen molar-refractivity contribution < 1.29 is 19.2 Å². The third kappa shape index (κ3) is 4.52. The van der Waals surface area contributed by atoms with Gasteiger partial charge in [-0.25, -0.2) is 0 Å². The number of carbonyl (C=O) groups excluding carboxylic acids is 1. The standard InChI is InChI=1S/C22H22N6O5/c1-32-19-12-16(18(28(30)31)13-20(19)33-2)22(29)27-10-8-26(9-11-27)21-6-5-17(24-25-21)15-4-3-7-23-14-15/h3-7,12-14H,8-11H2,1-2H3. The van der Waals surface area contributed by atoms with Crippen LogP contribution in [-0.4, -0.2) is 71.3 Å². The average Bonchev–Trinajstić information content (AvgIpc) is 2.88. The summed E-state index contributed by atoms with van der Waals surface area (Å²) in [5.41, 5.74) is 1.24. The first-order valence-corrected chi connectivity index (χ1v) is 10.2. The van der Waals surface area contributed by atoms with E-state index in [1.54, 1.807) is 17.3 Å².